The Bertz CT molecular complexity index is 1200. The highest BCUT2D eigenvalue weighted by Gasteiger charge is 2.32. The number of benzene rings is 2. The van der Waals surface area contributed by atoms with E-state index in [0.717, 1.165) is 33.5 Å². The Balaban J connectivity index is 1.41. The van der Waals surface area contributed by atoms with Crippen LogP contribution in [-0.2, 0) is 14.8 Å². The zero-order chi connectivity index (χ0) is 21.5. The minimum atomic E-state index is -3.69. The summed E-state index contributed by atoms with van der Waals surface area (Å²) in [5.41, 5.74) is 3.11. The number of carbonyl (C=O) groups excluding carboxylic acids is 1. The summed E-state index contributed by atoms with van der Waals surface area (Å²) in [5, 5.41) is 3.46. The van der Waals surface area contributed by atoms with Crippen molar-refractivity contribution in [1.82, 2.24) is 9.29 Å². The molecule has 0 unspecified atom stereocenters. The molecule has 6 nitrogen and oxygen atoms in total. The average molecular weight is 448 g/mol. The van der Waals surface area contributed by atoms with Crippen LogP contribution in [0.3, 0.4) is 0 Å². The Morgan fingerprint density at radius 3 is 2.50 bits per heavy atom. The van der Waals surface area contributed by atoms with E-state index in [0.29, 0.717) is 18.0 Å². The van der Waals surface area contributed by atoms with E-state index >= 15 is 0 Å². The Labute approximate surface area is 178 Å². The first-order valence-corrected chi connectivity index (χ1v) is 11.9. The van der Waals surface area contributed by atoms with E-state index in [2.05, 4.69) is 22.4 Å². The van der Waals surface area contributed by atoms with Gasteiger partial charge in [-0.3, -0.25) is 4.79 Å². The Kier molecular flexibility index (Phi) is 5.61. The first-order valence-electron chi connectivity index (χ1n) is 9.68. The molecule has 1 saturated heterocycles. The first-order chi connectivity index (χ1) is 14.2. The van der Waals surface area contributed by atoms with Gasteiger partial charge < -0.3 is 5.32 Å². The molecule has 2 heterocycles. The minimum absolute atomic E-state index is 0.0620. The number of aryl methyl sites for hydroxylation is 2. The fraction of sp³-hybridized carbons (Fsp3) is 0.333. The van der Waals surface area contributed by atoms with Gasteiger partial charge in [-0.2, -0.15) is 4.31 Å². The van der Waals surface area contributed by atoms with Crippen molar-refractivity contribution in [2.75, 3.05) is 18.4 Å². The van der Waals surface area contributed by atoms with Gasteiger partial charge in [-0.1, -0.05) is 17.4 Å². The predicted octanol–water partition coefficient (Wildman–Crippen LogP) is 4.09. The van der Waals surface area contributed by atoms with Crippen LogP contribution in [-0.4, -0.2) is 36.7 Å². The zero-order valence-corrected chi connectivity index (χ0v) is 18.3. The number of hydrogen-bond donors (Lipinski definition) is 1. The molecule has 1 amide bonds. The third-order valence-electron chi connectivity index (χ3n) is 5.34. The van der Waals surface area contributed by atoms with Crippen molar-refractivity contribution in [3.63, 3.8) is 0 Å². The lowest BCUT2D eigenvalue weighted by Crippen LogP contribution is -2.41. The van der Waals surface area contributed by atoms with E-state index in [9.17, 15) is 17.6 Å². The van der Waals surface area contributed by atoms with Crippen molar-refractivity contribution in [3.8, 4) is 0 Å². The van der Waals surface area contributed by atoms with Gasteiger partial charge in [-0.25, -0.2) is 17.8 Å². The quantitative estimate of drug-likeness (QED) is 0.653. The molecule has 0 radical (unpaired) electrons. The number of anilines is 1. The van der Waals surface area contributed by atoms with E-state index in [-0.39, 0.29) is 29.8 Å². The van der Waals surface area contributed by atoms with Crippen molar-refractivity contribution < 1.29 is 17.6 Å². The number of piperidine rings is 1. The molecule has 1 aliphatic heterocycles. The number of rotatable bonds is 4. The molecular formula is C21H22FN3O3S2. The van der Waals surface area contributed by atoms with Gasteiger partial charge in [-0.15, -0.1) is 0 Å². The van der Waals surface area contributed by atoms with Gasteiger partial charge in [0.15, 0.2) is 5.13 Å². The lowest BCUT2D eigenvalue weighted by molar-refractivity contribution is -0.120. The number of nitrogens with one attached hydrogen (secondary N) is 1. The van der Waals surface area contributed by atoms with Gasteiger partial charge in [0, 0.05) is 19.0 Å². The van der Waals surface area contributed by atoms with Gasteiger partial charge >= 0.3 is 0 Å². The number of halogens is 1. The van der Waals surface area contributed by atoms with Gasteiger partial charge in [0.1, 0.15) is 5.82 Å². The van der Waals surface area contributed by atoms with E-state index < -0.39 is 15.8 Å². The van der Waals surface area contributed by atoms with Crippen LogP contribution in [0.2, 0.25) is 0 Å². The van der Waals surface area contributed by atoms with Crippen molar-refractivity contribution in [2.45, 2.75) is 31.6 Å². The van der Waals surface area contributed by atoms with E-state index in [1.54, 1.807) is 0 Å². The highest BCUT2D eigenvalue weighted by atomic mass is 32.2. The zero-order valence-electron chi connectivity index (χ0n) is 16.7. The third kappa shape index (κ3) is 4.10. The SMILES string of the molecule is Cc1cc(C)c2nc(NC(=O)C3CCN(S(=O)(=O)c4ccc(F)cc4)CC3)sc2c1. The topological polar surface area (TPSA) is 79.4 Å². The minimum Gasteiger partial charge on any atom is -0.302 e. The van der Waals surface area contributed by atoms with Crippen molar-refractivity contribution >= 4 is 42.6 Å². The molecule has 4 rings (SSSR count). The summed E-state index contributed by atoms with van der Waals surface area (Å²) in [4.78, 5) is 17.3. The molecule has 2 aromatic carbocycles. The molecule has 30 heavy (non-hydrogen) atoms. The Hall–Kier alpha value is -2.36. The molecule has 3 aromatic rings. The molecule has 0 saturated carbocycles. The summed E-state index contributed by atoms with van der Waals surface area (Å²) in [6.07, 6.45) is 0.852. The normalized spacial score (nSPS) is 16.1. The summed E-state index contributed by atoms with van der Waals surface area (Å²) in [6, 6.07) is 8.91. The van der Waals surface area contributed by atoms with Crippen LogP contribution in [0, 0.1) is 25.6 Å². The third-order valence-corrected chi connectivity index (χ3v) is 8.17. The van der Waals surface area contributed by atoms with E-state index in [1.807, 2.05) is 13.8 Å². The lowest BCUT2D eigenvalue weighted by atomic mass is 9.97. The molecular weight excluding hydrogens is 425 g/mol. The lowest BCUT2D eigenvalue weighted by Gasteiger charge is -2.30. The predicted molar refractivity (Wildman–Crippen MR) is 116 cm³/mol. The summed E-state index contributed by atoms with van der Waals surface area (Å²) < 4.78 is 40.9. The summed E-state index contributed by atoms with van der Waals surface area (Å²) >= 11 is 1.44. The van der Waals surface area contributed by atoms with Crippen molar-refractivity contribution in [1.29, 1.82) is 0 Å². The van der Waals surface area contributed by atoms with Crippen LogP contribution in [0.1, 0.15) is 24.0 Å². The molecule has 0 atom stereocenters. The maximum atomic E-state index is 13.1. The number of amides is 1. The van der Waals surface area contributed by atoms with Crippen LogP contribution < -0.4 is 5.32 Å². The first kappa shape index (κ1) is 20.9. The maximum Gasteiger partial charge on any atom is 0.243 e. The van der Waals surface area contributed by atoms with Crippen LogP contribution in [0.5, 0.6) is 0 Å². The average Bonchev–Trinajstić information content (AvgIpc) is 3.11. The molecule has 9 heteroatoms. The molecule has 0 bridgehead atoms. The summed E-state index contributed by atoms with van der Waals surface area (Å²) in [5.74, 6) is -0.897. The Morgan fingerprint density at radius 2 is 1.83 bits per heavy atom. The van der Waals surface area contributed by atoms with Gasteiger partial charge in [0.25, 0.3) is 0 Å². The highest BCUT2D eigenvalue weighted by molar-refractivity contribution is 7.89. The number of aromatic nitrogens is 1. The molecule has 1 N–H and O–H groups in total. The van der Waals surface area contributed by atoms with E-state index in [4.69, 9.17) is 0 Å². The molecule has 158 valence electrons. The number of sulfonamides is 1. The van der Waals surface area contributed by atoms with Gasteiger partial charge in [0.2, 0.25) is 15.9 Å². The second kappa shape index (κ2) is 8.05. The molecule has 0 aliphatic carbocycles. The number of hydrogen-bond acceptors (Lipinski definition) is 5. The fourth-order valence-corrected chi connectivity index (χ4v) is 6.26. The summed E-state index contributed by atoms with van der Waals surface area (Å²) in [7, 11) is -3.69. The fourth-order valence-electron chi connectivity index (χ4n) is 3.75. The smallest absolute Gasteiger partial charge is 0.243 e. The highest BCUT2D eigenvalue weighted by Crippen LogP contribution is 2.31. The second-order valence-electron chi connectivity index (χ2n) is 7.57. The van der Waals surface area contributed by atoms with Crippen LogP contribution in [0.15, 0.2) is 41.3 Å². The van der Waals surface area contributed by atoms with Crippen LogP contribution in [0.25, 0.3) is 10.2 Å². The van der Waals surface area contributed by atoms with Crippen molar-refractivity contribution in [2.24, 2.45) is 5.92 Å². The number of nitrogens with zero attached hydrogens (tertiary/aromatic N) is 2. The number of fused-ring (bicyclic) bond motifs is 1. The molecule has 1 aromatic heterocycles. The van der Waals surface area contributed by atoms with Crippen molar-refractivity contribution in [3.05, 3.63) is 53.3 Å². The standard InChI is InChI=1S/C21H22FN3O3S2/c1-13-11-14(2)19-18(12-13)29-21(23-19)24-20(26)15-7-9-25(10-8-15)30(27,28)17-5-3-16(22)4-6-17/h3-6,11-12,15H,7-10H2,1-2H3,(H,23,24,26). The number of thiazole rings is 1. The van der Waals surface area contributed by atoms with Crippen LogP contribution >= 0.6 is 11.3 Å². The largest absolute Gasteiger partial charge is 0.302 e. The second-order valence-corrected chi connectivity index (χ2v) is 10.5. The molecule has 0 spiro atoms. The molecule has 1 fully saturated rings. The van der Waals surface area contributed by atoms with E-state index in [1.165, 1.54) is 27.8 Å². The van der Waals surface area contributed by atoms with Gasteiger partial charge in [0.05, 0.1) is 15.1 Å². The molecule has 1 aliphatic rings. The summed E-state index contributed by atoms with van der Waals surface area (Å²) in [6.45, 7) is 4.52. The Morgan fingerprint density at radius 1 is 1.17 bits per heavy atom. The van der Waals surface area contributed by atoms with Crippen LogP contribution in [0.4, 0.5) is 9.52 Å². The monoisotopic (exact) mass is 447 g/mol. The van der Waals surface area contributed by atoms with Gasteiger partial charge in [-0.05, 0) is 68.1 Å². The number of carbonyl (C=O) groups is 1. The maximum absolute atomic E-state index is 13.1.